The summed E-state index contributed by atoms with van der Waals surface area (Å²) in [6.07, 6.45) is 0. The molecule has 10 aromatic rings. The minimum atomic E-state index is 1.23. The van der Waals surface area contributed by atoms with E-state index >= 15 is 0 Å². The highest BCUT2D eigenvalue weighted by Gasteiger charge is 2.17. The Kier molecular flexibility index (Phi) is 5.25. The van der Waals surface area contributed by atoms with Crippen molar-refractivity contribution in [1.29, 1.82) is 0 Å². The van der Waals surface area contributed by atoms with Gasteiger partial charge in [0.25, 0.3) is 0 Å². The molecular formula is C44H26S. The highest BCUT2D eigenvalue weighted by Crippen LogP contribution is 2.46. The van der Waals surface area contributed by atoms with E-state index in [1.807, 2.05) is 11.3 Å². The molecule has 0 unspecified atom stereocenters. The minimum Gasteiger partial charge on any atom is -0.134 e. The van der Waals surface area contributed by atoms with Crippen LogP contribution >= 0.6 is 11.3 Å². The van der Waals surface area contributed by atoms with Gasteiger partial charge in [-0.3, -0.25) is 0 Å². The molecule has 1 heterocycles. The normalized spacial score (nSPS) is 12.0. The van der Waals surface area contributed by atoms with E-state index in [-0.39, 0.29) is 0 Å². The molecule has 0 amide bonds. The van der Waals surface area contributed by atoms with Crippen LogP contribution in [-0.4, -0.2) is 0 Å². The topological polar surface area (TPSA) is 0 Å². The quantitative estimate of drug-likeness (QED) is 0.181. The zero-order valence-electron chi connectivity index (χ0n) is 24.4. The Hall–Kier alpha value is -5.50. The first kappa shape index (κ1) is 24.9. The molecule has 0 radical (unpaired) electrons. The lowest BCUT2D eigenvalue weighted by molar-refractivity contribution is 1.63. The van der Waals surface area contributed by atoms with Crippen molar-refractivity contribution in [2.75, 3.05) is 0 Å². The summed E-state index contributed by atoms with van der Waals surface area (Å²) in [5, 5.41) is 13.1. The maximum absolute atomic E-state index is 2.42. The highest BCUT2D eigenvalue weighted by atomic mass is 32.1. The van der Waals surface area contributed by atoms with Gasteiger partial charge in [-0.05, 0) is 101 Å². The third-order valence-electron chi connectivity index (χ3n) is 9.60. The summed E-state index contributed by atoms with van der Waals surface area (Å²) in [6, 6.07) is 58.5. The van der Waals surface area contributed by atoms with Crippen molar-refractivity contribution in [3.05, 3.63) is 158 Å². The minimum absolute atomic E-state index is 1.23. The molecule has 0 fully saturated rings. The molecule has 208 valence electrons. The molecular weight excluding hydrogens is 561 g/mol. The Morgan fingerprint density at radius 2 is 1.04 bits per heavy atom. The first-order valence-electron chi connectivity index (χ1n) is 15.5. The molecule has 10 rings (SSSR count). The maximum atomic E-state index is 2.42. The lowest BCUT2D eigenvalue weighted by Crippen LogP contribution is -1.89. The van der Waals surface area contributed by atoms with Gasteiger partial charge in [0.1, 0.15) is 0 Å². The van der Waals surface area contributed by atoms with Crippen LogP contribution in [0.5, 0.6) is 0 Å². The van der Waals surface area contributed by atoms with Crippen LogP contribution in [0.3, 0.4) is 0 Å². The molecule has 45 heavy (non-hydrogen) atoms. The number of rotatable bonds is 3. The Bertz CT molecular complexity index is 2750. The second-order valence-corrected chi connectivity index (χ2v) is 13.1. The van der Waals surface area contributed by atoms with Gasteiger partial charge < -0.3 is 0 Å². The van der Waals surface area contributed by atoms with Crippen molar-refractivity contribution in [1.82, 2.24) is 0 Å². The Labute approximate surface area is 264 Å². The summed E-state index contributed by atoms with van der Waals surface area (Å²) in [5.41, 5.74) is 7.58. The summed E-state index contributed by atoms with van der Waals surface area (Å²) in [7, 11) is 0. The van der Waals surface area contributed by atoms with E-state index in [4.69, 9.17) is 0 Å². The Morgan fingerprint density at radius 1 is 0.311 bits per heavy atom. The fourth-order valence-corrected chi connectivity index (χ4v) is 8.79. The molecule has 0 N–H and O–H groups in total. The van der Waals surface area contributed by atoms with Crippen LogP contribution in [0.15, 0.2) is 158 Å². The predicted octanol–water partition coefficient (Wildman–Crippen LogP) is 13.1. The zero-order valence-corrected chi connectivity index (χ0v) is 25.2. The van der Waals surface area contributed by atoms with E-state index in [0.717, 1.165) is 0 Å². The van der Waals surface area contributed by atoms with Crippen molar-refractivity contribution in [3.63, 3.8) is 0 Å². The summed E-state index contributed by atoms with van der Waals surface area (Å²) >= 11 is 1.92. The van der Waals surface area contributed by atoms with Gasteiger partial charge in [-0.1, -0.05) is 133 Å². The van der Waals surface area contributed by atoms with E-state index in [1.54, 1.807) is 0 Å². The van der Waals surface area contributed by atoms with E-state index < -0.39 is 0 Å². The maximum Gasteiger partial charge on any atom is 0.0440 e. The Morgan fingerprint density at radius 3 is 1.98 bits per heavy atom. The van der Waals surface area contributed by atoms with Gasteiger partial charge in [0.2, 0.25) is 0 Å². The molecule has 0 bridgehead atoms. The third kappa shape index (κ3) is 3.72. The van der Waals surface area contributed by atoms with E-state index in [2.05, 4.69) is 158 Å². The van der Waals surface area contributed by atoms with Gasteiger partial charge in [-0.25, -0.2) is 0 Å². The van der Waals surface area contributed by atoms with E-state index in [0.29, 0.717) is 0 Å². The number of hydrogen-bond donors (Lipinski definition) is 0. The number of thiophene rings is 1. The van der Waals surface area contributed by atoms with Crippen molar-refractivity contribution in [2.24, 2.45) is 0 Å². The molecule has 0 saturated carbocycles. The summed E-state index contributed by atoms with van der Waals surface area (Å²) in [4.78, 5) is 0. The van der Waals surface area contributed by atoms with Crippen molar-refractivity contribution in [3.8, 4) is 33.4 Å². The van der Waals surface area contributed by atoms with Crippen LogP contribution in [0.2, 0.25) is 0 Å². The molecule has 1 aromatic heterocycles. The average Bonchev–Trinajstić information content (AvgIpc) is 3.51. The molecule has 1 heteroatoms. The van der Waals surface area contributed by atoms with Crippen LogP contribution < -0.4 is 0 Å². The Balaban J connectivity index is 1.23. The van der Waals surface area contributed by atoms with Crippen LogP contribution in [0.4, 0.5) is 0 Å². The standard InChI is InChI=1S/C44H26S/c1-2-8-27(9-3-1)39-26-33(35-13-7-14-37-34-12-5-4-10-28(34)20-23-38(35)37)24-31-18-19-32(25-40(31)39)36-22-21-30-17-16-29-11-6-15-41-42(29)43(30)44(36)45-41/h1-26H. The molecule has 0 spiro atoms. The van der Waals surface area contributed by atoms with Gasteiger partial charge in [-0.15, -0.1) is 11.3 Å². The summed E-state index contributed by atoms with van der Waals surface area (Å²) < 4.78 is 2.73. The third-order valence-corrected chi connectivity index (χ3v) is 10.8. The SMILES string of the molecule is c1ccc(-c2cc(-c3cccc4c3ccc3ccccc34)cc3ccc(-c4ccc5ccc6cccc7sc4c5c67)cc23)cc1. The summed E-state index contributed by atoms with van der Waals surface area (Å²) in [5.74, 6) is 0. The second kappa shape index (κ2) is 9.50. The smallest absolute Gasteiger partial charge is 0.0440 e. The number of benzene rings is 9. The van der Waals surface area contributed by atoms with Gasteiger partial charge in [0, 0.05) is 20.2 Å². The predicted molar refractivity (Wildman–Crippen MR) is 197 cm³/mol. The van der Waals surface area contributed by atoms with E-state index in [1.165, 1.54) is 96.6 Å². The molecule has 0 aliphatic carbocycles. The first-order valence-corrected chi connectivity index (χ1v) is 16.3. The lowest BCUT2D eigenvalue weighted by Gasteiger charge is -2.15. The summed E-state index contributed by atoms with van der Waals surface area (Å²) in [6.45, 7) is 0. The first-order chi connectivity index (χ1) is 22.3. The zero-order chi connectivity index (χ0) is 29.5. The fourth-order valence-electron chi connectivity index (χ4n) is 7.49. The molecule has 0 atom stereocenters. The average molecular weight is 587 g/mol. The highest BCUT2D eigenvalue weighted by molar-refractivity contribution is 7.26. The molecule has 0 saturated heterocycles. The van der Waals surface area contributed by atoms with Gasteiger partial charge >= 0.3 is 0 Å². The second-order valence-electron chi connectivity index (χ2n) is 12.1. The van der Waals surface area contributed by atoms with Crippen LogP contribution in [0.25, 0.3) is 96.6 Å². The molecule has 0 aliphatic rings. The van der Waals surface area contributed by atoms with Crippen molar-refractivity contribution in [2.45, 2.75) is 0 Å². The molecule has 0 nitrogen and oxygen atoms in total. The molecule has 9 aromatic carbocycles. The lowest BCUT2D eigenvalue weighted by atomic mass is 9.88. The molecule has 0 aliphatic heterocycles. The number of hydrogen-bond acceptors (Lipinski definition) is 1. The number of fused-ring (bicyclic) bond motifs is 4. The van der Waals surface area contributed by atoms with Crippen LogP contribution in [0, 0.1) is 0 Å². The largest absolute Gasteiger partial charge is 0.134 e. The van der Waals surface area contributed by atoms with Gasteiger partial charge in [-0.2, -0.15) is 0 Å². The van der Waals surface area contributed by atoms with E-state index in [9.17, 15) is 0 Å². The van der Waals surface area contributed by atoms with Gasteiger partial charge in [0.05, 0.1) is 0 Å². The van der Waals surface area contributed by atoms with Crippen LogP contribution in [0.1, 0.15) is 0 Å². The van der Waals surface area contributed by atoms with Crippen LogP contribution in [-0.2, 0) is 0 Å². The van der Waals surface area contributed by atoms with Crippen molar-refractivity contribution >= 4 is 74.6 Å². The monoisotopic (exact) mass is 586 g/mol. The fraction of sp³-hybridized carbons (Fsp3) is 0. The van der Waals surface area contributed by atoms with Gasteiger partial charge in [0.15, 0.2) is 0 Å². The van der Waals surface area contributed by atoms with Crippen molar-refractivity contribution < 1.29 is 0 Å².